The molecular formula is C30H38IN7O5S. The van der Waals surface area contributed by atoms with E-state index in [0.717, 1.165) is 60.0 Å². The number of aromatic nitrogens is 4. The van der Waals surface area contributed by atoms with Crippen LogP contribution in [0.15, 0.2) is 66.0 Å². The van der Waals surface area contributed by atoms with Crippen LogP contribution in [0.5, 0.6) is 0 Å². The number of carbonyl (C=O) groups is 2. The number of carbonyl (C=O) groups excluding carboxylic acids is 2. The summed E-state index contributed by atoms with van der Waals surface area (Å²) in [5.74, 6) is 1.27. The molecule has 0 radical (unpaired) electrons. The van der Waals surface area contributed by atoms with Crippen molar-refractivity contribution in [2.45, 2.75) is 24.3 Å². The summed E-state index contributed by atoms with van der Waals surface area (Å²) >= 11 is 0. The zero-order chi connectivity index (χ0) is 30.4. The molecule has 0 aromatic carbocycles. The van der Waals surface area contributed by atoms with E-state index < -0.39 is 15.7 Å². The first-order chi connectivity index (χ1) is 20.7. The Morgan fingerprint density at radius 2 is 1.89 bits per heavy atom. The molecule has 0 unspecified atom stereocenters. The second kappa shape index (κ2) is 14.8. The topological polar surface area (TPSA) is 156 Å². The Morgan fingerprint density at radius 1 is 1.09 bits per heavy atom. The fourth-order valence-corrected chi connectivity index (χ4v) is 4.98. The maximum Gasteiger partial charge on any atom is 0.253 e. The molecule has 6 rings (SSSR count). The molecule has 1 saturated carbocycles. The predicted octanol–water partition coefficient (Wildman–Crippen LogP) is 3.83. The van der Waals surface area contributed by atoms with Gasteiger partial charge in [-0.2, -0.15) is 0 Å². The maximum atomic E-state index is 12.5. The van der Waals surface area contributed by atoms with Crippen LogP contribution in [-0.4, -0.2) is 84.7 Å². The van der Waals surface area contributed by atoms with Crippen molar-refractivity contribution in [3.05, 3.63) is 72.3 Å². The van der Waals surface area contributed by atoms with Gasteiger partial charge < -0.3 is 20.3 Å². The van der Waals surface area contributed by atoms with Gasteiger partial charge in [-0.15, -0.1) is 24.0 Å². The monoisotopic (exact) mass is 735 g/mol. The Hall–Kier alpha value is -3.76. The van der Waals surface area contributed by atoms with Crippen LogP contribution in [0.2, 0.25) is 0 Å². The summed E-state index contributed by atoms with van der Waals surface area (Å²) in [6, 6.07) is 12.6. The highest BCUT2D eigenvalue weighted by atomic mass is 127. The summed E-state index contributed by atoms with van der Waals surface area (Å²) in [6.45, 7) is 2.94. The lowest BCUT2D eigenvalue weighted by Crippen LogP contribution is -2.42. The third kappa shape index (κ3) is 8.89. The van der Waals surface area contributed by atoms with Crippen LogP contribution >= 0.6 is 24.0 Å². The first kappa shape index (κ1) is 33.1. The van der Waals surface area contributed by atoms with Crippen molar-refractivity contribution in [1.29, 1.82) is 0 Å². The summed E-state index contributed by atoms with van der Waals surface area (Å²) in [5.41, 5.74) is 2.95. The van der Waals surface area contributed by atoms with E-state index >= 15 is 0 Å². The molecule has 44 heavy (non-hydrogen) atoms. The number of pyridine rings is 4. The van der Waals surface area contributed by atoms with Gasteiger partial charge in [-0.3, -0.25) is 19.6 Å². The Bertz CT molecular complexity index is 1760. The molecule has 2 aliphatic rings. The fourth-order valence-electron chi connectivity index (χ4n) is 4.39. The maximum absolute atomic E-state index is 12.5. The second-order valence-electron chi connectivity index (χ2n) is 10.4. The van der Waals surface area contributed by atoms with E-state index in [1.807, 2.05) is 35.2 Å². The molecule has 1 saturated heterocycles. The van der Waals surface area contributed by atoms with Crippen LogP contribution in [0.4, 0.5) is 5.82 Å². The summed E-state index contributed by atoms with van der Waals surface area (Å²) < 4.78 is 28.4. The van der Waals surface area contributed by atoms with Crippen molar-refractivity contribution in [1.82, 2.24) is 30.2 Å². The number of rotatable bonds is 8. The zero-order valence-corrected chi connectivity index (χ0v) is 27.5. The number of sulfone groups is 1. The van der Waals surface area contributed by atoms with E-state index in [2.05, 4.69) is 30.6 Å². The molecule has 0 bridgehead atoms. The lowest BCUT2D eigenvalue weighted by molar-refractivity contribution is -0.142. The van der Waals surface area contributed by atoms with Gasteiger partial charge in [0.25, 0.3) is 5.91 Å². The molecule has 2 amide bonds. The molecule has 1 aliphatic heterocycles. The quantitative estimate of drug-likeness (QED) is 0.255. The predicted molar refractivity (Wildman–Crippen MR) is 181 cm³/mol. The van der Waals surface area contributed by atoms with E-state index in [4.69, 9.17) is 4.74 Å². The Balaban J connectivity index is 0.000000445. The second-order valence-corrected chi connectivity index (χ2v) is 12.4. The normalized spacial score (nSPS) is 14.7. The molecule has 5 heterocycles. The van der Waals surface area contributed by atoms with Gasteiger partial charge in [0.2, 0.25) is 5.91 Å². The summed E-state index contributed by atoms with van der Waals surface area (Å²) in [6.07, 6.45) is 7.90. The SMILES string of the molecule is CNc1cccc(-c2ccc3cnc(CNC(=O)c4cncc(S(C)(=O)=O)c4)cc3n2)n1.I.O=C1COCCN1CC1CC1.[HH].[HH]. The summed E-state index contributed by atoms with van der Waals surface area (Å²) in [5, 5.41) is 6.60. The number of nitrogens with zero attached hydrogens (tertiary/aromatic N) is 5. The van der Waals surface area contributed by atoms with E-state index in [1.165, 1.54) is 31.3 Å². The molecule has 14 heteroatoms. The Kier molecular flexibility index (Phi) is 11.2. The minimum absolute atomic E-state index is 0. The summed E-state index contributed by atoms with van der Waals surface area (Å²) in [4.78, 5) is 42.9. The third-order valence-corrected chi connectivity index (χ3v) is 8.07. The van der Waals surface area contributed by atoms with Crippen molar-refractivity contribution in [2.75, 3.05) is 44.9 Å². The highest BCUT2D eigenvalue weighted by molar-refractivity contribution is 14.0. The Morgan fingerprint density at radius 3 is 2.61 bits per heavy atom. The lowest BCUT2D eigenvalue weighted by atomic mass is 10.2. The smallest absolute Gasteiger partial charge is 0.253 e. The van der Waals surface area contributed by atoms with Gasteiger partial charge in [-0.05, 0) is 55.2 Å². The third-order valence-electron chi connectivity index (χ3n) is 6.99. The zero-order valence-electron chi connectivity index (χ0n) is 24.4. The molecule has 1 aliphatic carbocycles. The number of hydrogen-bond acceptors (Lipinski definition) is 10. The number of amides is 2. The Labute approximate surface area is 276 Å². The number of ether oxygens (including phenoxy) is 1. The molecule has 4 aromatic rings. The molecule has 4 aromatic heterocycles. The van der Waals surface area contributed by atoms with Crippen molar-refractivity contribution >= 4 is 62.3 Å². The minimum Gasteiger partial charge on any atom is -0.373 e. The van der Waals surface area contributed by atoms with Crippen molar-refractivity contribution < 1.29 is 25.6 Å². The van der Waals surface area contributed by atoms with Gasteiger partial charge in [-0.25, -0.2) is 18.4 Å². The molecule has 236 valence electrons. The molecule has 12 nitrogen and oxygen atoms in total. The van der Waals surface area contributed by atoms with Crippen LogP contribution in [0.1, 0.15) is 31.7 Å². The summed E-state index contributed by atoms with van der Waals surface area (Å²) in [7, 11) is -1.65. The van der Waals surface area contributed by atoms with Gasteiger partial charge >= 0.3 is 0 Å². The van der Waals surface area contributed by atoms with Crippen LogP contribution in [0.25, 0.3) is 22.3 Å². The van der Waals surface area contributed by atoms with E-state index in [1.54, 1.807) is 19.3 Å². The van der Waals surface area contributed by atoms with Gasteiger partial charge in [0.1, 0.15) is 12.4 Å². The van der Waals surface area contributed by atoms with E-state index in [-0.39, 0.29) is 49.7 Å². The highest BCUT2D eigenvalue weighted by Crippen LogP contribution is 2.30. The lowest BCUT2D eigenvalue weighted by Gasteiger charge is -2.26. The highest BCUT2D eigenvalue weighted by Gasteiger charge is 2.28. The van der Waals surface area contributed by atoms with Crippen LogP contribution < -0.4 is 10.6 Å². The van der Waals surface area contributed by atoms with E-state index in [0.29, 0.717) is 12.3 Å². The first-order valence-corrected chi connectivity index (χ1v) is 15.8. The van der Waals surface area contributed by atoms with Gasteiger partial charge in [0, 0.05) is 53.2 Å². The van der Waals surface area contributed by atoms with Crippen molar-refractivity contribution in [3.63, 3.8) is 0 Å². The molecule has 2 N–H and O–H groups in total. The molecular weight excluding hydrogens is 697 g/mol. The fraction of sp³-hybridized carbons (Fsp3) is 0.333. The molecule has 0 spiro atoms. The largest absolute Gasteiger partial charge is 0.373 e. The van der Waals surface area contributed by atoms with Crippen molar-refractivity contribution in [3.8, 4) is 11.4 Å². The number of morpholine rings is 1. The van der Waals surface area contributed by atoms with Gasteiger partial charge in [0.05, 0.1) is 46.2 Å². The average molecular weight is 736 g/mol. The first-order valence-electron chi connectivity index (χ1n) is 13.9. The standard InChI is InChI=1S/C22H20N6O3S.C8H13NO2.HI.2H2/c1-23-21-5-3-4-18(28-21)19-7-6-14-11-25-16(9-20(14)27-19)12-26-22(29)15-8-17(13-24-10-15)32(2,30)31;10-8-6-11-4-3-9(8)5-7-1-2-7;;;/h3-11,13H,12H2,1-2H3,(H,23,28)(H,26,29);7H,1-6H2;3*1H. The van der Waals surface area contributed by atoms with Crippen LogP contribution in [0.3, 0.4) is 0 Å². The van der Waals surface area contributed by atoms with Crippen molar-refractivity contribution in [2.24, 2.45) is 5.92 Å². The minimum atomic E-state index is -3.45. The van der Waals surface area contributed by atoms with Crippen LogP contribution in [0, 0.1) is 5.92 Å². The van der Waals surface area contributed by atoms with Gasteiger partial charge in [-0.1, -0.05) is 6.07 Å². The van der Waals surface area contributed by atoms with Crippen LogP contribution in [-0.2, 0) is 25.9 Å². The van der Waals surface area contributed by atoms with Gasteiger partial charge in [0.15, 0.2) is 9.84 Å². The van der Waals surface area contributed by atoms with E-state index in [9.17, 15) is 18.0 Å². The molecule has 0 atom stereocenters. The number of fused-ring (bicyclic) bond motifs is 1. The molecule has 2 fully saturated rings. The number of anilines is 1. The number of hydrogen-bond donors (Lipinski definition) is 2. The number of halogens is 1. The number of nitrogens with one attached hydrogen (secondary N) is 2. The average Bonchev–Trinajstić information content (AvgIpc) is 3.85.